The van der Waals surface area contributed by atoms with Gasteiger partial charge in [0.05, 0.1) is 38.1 Å². The van der Waals surface area contributed by atoms with Crippen LogP contribution in [-0.4, -0.2) is 169 Å². The molecule has 3 fully saturated rings. The number of carbonyl (C=O) groups is 1. The maximum atomic E-state index is 12.4. The third kappa shape index (κ3) is 6.74. The summed E-state index contributed by atoms with van der Waals surface area (Å²) in [5, 5.41) is 102. The number of hydrogen-bond donors (Lipinski definition) is 10. The number of aliphatic hydroxyl groups is 9. The molecule has 0 bridgehead atoms. The molecule has 3 saturated heterocycles. The summed E-state index contributed by atoms with van der Waals surface area (Å²) in [5.41, 5.74) is 0. The molecule has 0 aromatic heterocycles. The molecule has 0 radical (unpaired) electrons. The fourth-order valence-corrected chi connectivity index (χ4v) is 5.09. The number of rotatable bonds is 11. The van der Waals surface area contributed by atoms with Crippen LogP contribution in [0.5, 0.6) is 0 Å². The molecule has 40 heavy (non-hydrogen) atoms. The number of aliphatic hydroxyl groups excluding tert-OH is 9. The predicted molar refractivity (Wildman–Crippen MR) is 125 cm³/mol. The first-order chi connectivity index (χ1) is 18.8. The Morgan fingerprint density at radius 3 is 2.17 bits per heavy atom. The first kappa shape index (κ1) is 33.4. The molecule has 0 aromatic rings. The minimum atomic E-state index is -2.80. The van der Waals surface area contributed by atoms with Gasteiger partial charge in [-0.25, -0.2) is 4.79 Å². The number of ether oxygens (including phenoxy) is 6. The average molecular weight is 589 g/mol. The summed E-state index contributed by atoms with van der Waals surface area (Å²) in [6, 6.07) is 0. The minimum absolute atomic E-state index is 0.0814. The Hall–Kier alpha value is -1.13. The van der Waals surface area contributed by atoms with Crippen molar-refractivity contribution in [2.24, 2.45) is 5.92 Å². The highest BCUT2D eigenvalue weighted by atomic mass is 16.8. The molecule has 234 valence electrons. The second-order valence-electron chi connectivity index (χ2n) is 10.2. The molecule has 0 spiro atoms. The normalized spacial score (nSPS) is 46.1. The maximum Gasteiger partial charge on any atom is 0.364 e. The molecule has 3 aliphatic rings. The Morgan fingerprint density at radius 2 is 1.62 bits per heavy atom. The van der Waals surface area contributed by atoms with Crippen molar-refractivity contribution in [2.75, 3.05) is 26.9 Å². The van der Waals surface area contributed by atoms with Crippen molar-refractivity contribution in [3.63, 3.8) is 0 Å². The smallest absolute Gasteiger partial charge is 0.364 e. The topological polar surface area (TPSA) is 275 Å². The molecular formula is C23H40O17. The Labute approximate surface area is 229 Å². The number of aliphatic carboxylic acids is 1. The van der Waals surface area contributed by atoms with E-state index in [9.17, 15) is 55.9 Å². The highest BCUT2D eigenvalue weighted by Gasteiger charge is 2.58. The summed E-state index contributed by atoms with van der Waals surface area (Å²) in [6.45, 7) is -0.986. The first-order valence-electron chi connectivity index (χ1n) is 12.8. The lowest BCUT2D eigenvalue weighted by Gasteiger charge is -2.50. The van der Waals surface area contributed by atoms with Crippen molar-refractivity contribution in [3.05, 3.63) is 0 Å². The molecule has 17 heteroatoms. The summed E-state index contributed by atoms with van der Waals surface area (Å²) in [7, 11) is 1.33. The van der Waals surface area contributed by atoms with E-state index < -0.39 is 124 Å². The summed E-state index contributed by atoms with van der Waals surface area (Å²) in [6.07, 6.45) is -21.2. The molecule has 0 saturated carbocycles. The second-order valence-corrected chi connectivity index (χ2v) is 10.2. The molecule has 0 aromatic carbocycles. The molecule has 10 N–H and O–H groups in total. The zero-order valence-electron chi connectivity index (χ0n) is 21.9. The molecular weight excluding hydrogens is 548 g/mol. The molecule has 15 atom stereocenters. The van der Waals surface area contributed by atoms with Crippen LogP contribution in [0, 0.1) is 5.92 Å². The largest absolute Gasteiger partial charge is 0.477 e. The van der Waals surface area contributed by atoms with Gasteiger partial charge in [0.15, 0.2) is 12.6 Å². The lowest BCUT2D eigenvalue weighted by molar-refractivity contribution is -0.383. The van der Waals surface area contributed by atoms with Crippen LogP contribution in [0.15, 0.2) is 0 Å². The highest BCUT2D eigenvalue weighted by Crippen LogP contribution is 2.40. The van der Waals surface area contributed by atoms with Crippen LogP contribution in [0.1, 0.15) is 19.8 Å². The van der Waals surface area contributed by atoms with Gasteiger partial charge >= 0.3 is 5.97 Å². The van der Waals surface area contributed by atoms with Crippen LogP contribution in [-0.2, 0) is 33.2 Å². The van der Waals surface area contributed by atoms with E-state index >= 15 is 0 Å². The zero-order chi connectivity index (χ0) is 29.9. The zero-order valence-corrected chi connectivity index (χ0v) is 21.9. The SMILES string of the molecule is COC1C[C@@H](O)[C@H](O[C@@H]2OC(CO)[C@H](O)[C@H](O[C@]3(C(=O)O)CC(O)[C@@H](C)C([C@H](O)[C@H](O)CO)O3)C2O)C(CO)O1. The third-order valence-electron chi connectivity index (χ3n) is 7.56. The van der Waals surface area contributed by atoms with Crippen molar-refractivity contribution in [1.29, 1.82) is 0 Å². The van der Waals surface area contributed by atoms with Crippen molar-refractivity contribution in [2.45, 2.75) is 105 Å². The van der Waals surface area contributed by atoms with E-state index in [0.29, 0.717) is 0 Å². The van der Waals surface area contributed by atoms with Gasteiger partial charge in [0.1, 0.15) is 48.8 Å². The van der Waals surface area contributed by atoms with Crippen molar-refractivity contribution < 1.29 is 84.3 Å². The van der Waals surface area contributed by atoms with Gasteiger partial charge in [-0.05, 0) is 0 Å². The lowest BCUT2D eigenvalue weighted by Crippen LogP contribution is -2.67. The van der Waals surface area contributed by atoms with Gasteiger partial charge in [0.2, 0.25) is 0 Å². The minimum Gasteiger partial charge on any atom is -0.477 e. The quantitative estimate of drug-likeness (QED) is 0.108. The van der Waals surface area contributed by atoms with Gasteiger partial charge in [0, 0.05) is 25.9 Å². The van der Waals surface area contributed by atoms with Crippen LogP contribution in [0.3, 0.4) is 0 Å². The summed E-state index contributed by atoms with van der Waals surface area (Å²) >= 11 is 0. The monoisotopic (exact) mass is 588 g/mol. The molecule has 3 aliphatic heterocycles. The molecule has 0 aliphatic carbocycles. The van der Waals surface area contributed by atoms with Crippen molar-refractivity contribution in [3.8, 4) is 0 Å². The number of carboxylic acids is 1. The Bertz CT molecular complexity index is 818. The predicted octanol–water partition coefficient (Wildman–Crippen LogP) is -5.41. The number of carboxylic acid groups (broad SMARTS) is 1. The van der Waals surface area contributed by atoms with Crippen LogP contribution in [0.25, 0.3) is 0 Å². The highest BCUT2D eigenvalue weighted by molar-refractivity contribution is 5.76. The van der Waals surface area contributed by atoms with Gasteiger partial charge < -0.3 is 79.5 Å². The molecule has 6 unspecified atom stereocenters. The van der Waals surface area contributed by atoms with Crippen LogP contribution in [0.2, 0.25) is 0 Å². The number of hydrogen-bond acceptors (Lipinski definition) is 16. The summed E-state index contributed by atoms with van der Waals surface area (Å²) < 4.78 is 32.8. The van der Waals surface area contributed by atoms with Gasteiger partial charge in [-0.15, -0.1) is 0 Å². The standard InChI is InChI=1S/C23H40O17/c1-8-10(28)4-23(22(33)34,39-18(8)15(30)11(29)5-24)40-20-16(31)12(6-25)37-21(17(20)32)38-19-9(27)3-14(35-2)36-13(19)7-26/h8-21,24-32H,3-7H2,1-2H3,(H,33,34)/t8-,9-,10?,11-,12?,13?,14?,15-,16+,17?,18?,19+,20+,21+,23+/m1/s1. The van der Waals surface area contributed by atoms with E-state index in [4.69, 9.17) is 28.4 Å². The van der Waals surface area contributed by atoms with Gasteiger partial charge in [-0.3, -0.25) is 0 Å². The second kappa shape index (κ2) is 13.9. The van der Waals surface area contributed by atoms with E-state index in [-0.39, 0.29) is 6.42 Å². The van der Waals surface area contributed by atoms with E-state index in [1.807, 2.05) is 0 Å². The van der Waals surface area contributed by atoms with Gasteiger partial charge in [0.25, 0.3) is 5.79 Å². The van der Waals surface area contributed by atoms with E-state index in [1.54, 1.807) is 0 Å². The van der Waals surface area contributed by atoms with Crippen LogP contribution < -0.4 is 0 Å². The Morgan fingerprint density at radius 1 is 0.975 bits per heavy atom. The van der Waals surface area contributed by atoms with Gasteiger partial charge in [-0.1, -0.05) is 6.92 Å². The maximum absolute atomic E-state index is 12.4. The fraction of sp³-hybridized carbons (Fsp3) is 0.957. The van der Waals surface area contributed by atoms with Gasteiger partial charge in [-0.2, -0.15) is 0 Å². The molecule has 0 amide bonds. The fourth-order valence-electron chi connectivity index (χ4n) is 5.09. The molecule has 3 heterocycles. The van der Waals surface area contributed by atoms with E-state index in [0.717, 1.165) is 0 Å². The first-order valence-corrected chi connectivity index (χ1v) is 12.8. The summed E-state index contributed by atoms with van der Waals surface area (Å²) in [5.74, 6) is -5.56. The third-order valence-corrected chi connectivity index (χ3v) is 7.56. The average Bonchev–Trinajstić information content (AvgIpc) is 2.93. The van der Waals surface area contributed by atoms with E-state index in [2.05, 4.69) is 0 Å². The lowest BCUT2D eigenvalue weighted by atomic mass is 9.84. The number of methoxy groups -OCH3 is 1. The Kier molecular flexibility index (Phi) is 11.6. The molecule has 17 nitrogen and oxygen atoms in total. The van der Waals surface area contributed by atoms with Crippen LogP contribution in [0.4, 0.5) is 0 Å². The Balaban J connectivity index is 1.88. The van der Waals surface area contributed by atoms with Crippen molar-refractivity contribution in [1.82, 2.24) is 0 Å². The van der Waals surface area contributed by atoms with Crippen LogP contribution >= 0.6 is 0 Å². The molecule has 3 rings (SSSR count). The van der Waals surface area contributed by atoms with E-state index in [1.165, 1.54) is 14.0 Å². The van der Waals surface area contributed by atoms with Crippen molar-refractivity contribution >= 4 is 5.97 Å². The summed E-state index contributed by atoms with van der Waals surface area (Å²) in [4.78, 5) is 12.4.